The number of nitrogens with zero attached hydrogens (tertiary/aromatic N) is 1. The minimum absolute atomic E-state index is 0.0659. The number of hydrogen-bond donors (Lipinski definition) is 3. The second-order valence-corrected chi connectivity index (χ2v) is 6.63. The van der Waals surface area contributed by atoms with E-state index in [0.717, 1.165) is 5.56 Å². The smallest absolute Gasteiger partial charge is 0.186 e. The molecule has 1 aliphatic rings. The minimum Gasteiger partial charge on any atom is -0.493 e. The van der Waals surface area contributed by atoms with Crippen molar-refractivity contribution in [1.29, 1.82) is 0 Å². The standard InChI is InChI=1S/C18H28N4O3/c1-10(2)12-7-14(23-5)15(24-6)8-13(12)25-16-9-21-18(20,11(3)4)22-17(16)19/h7-11,21H,20H2,1-6H3,(H2,19,22). The molecule has 0 fully saturated rings. The van der Waals surface area contributed by atoms with Gasteiger partial charge in [0, 0.05) is 23.7 Å². The number of ether oxygens (including phenoxy) is 3. The van der Waals surface area contributed by atoms with Crippen LogP contribution in [0.15, 0.2) is 29.1 Å². The third-order valence-electron chi connectivity index (χ3n) is 4.23. The number of nitrogens with one attached hydrogen (secondary N) is 1. The molecule has 138 valence electrons. The lowest BCUT2D eigenvalue weighted by Crippen LogP contribution is -2.57. The van der Waals surface area contributed by atoms with Crippen LogP contribution in [0.25, 0.3) is 0 Å². The first kappa shape index (κ1) is 18.9. The molecule has 0 amide bonds. The van der Waals surface area contributed by atoms with E-state index in [9.17, 15) is 0 Å². The first-order valence-electron chi connectivity index (χ1n) is 8.28. The number of methoxy groups -OCH3 is 2. The third kappa shape index (κ3) is 3.82. The van der Waals surface area contributed by atoms with E-state index < -0.39 is 5.79 Å². The van der Waals surface area contributed by atoms with Crippen LogP contribution >= 0.6 is 0 Å². The second-order valence-electron chi connectivity index (χ2n) is 6.63. The van der Waals surface area contributed by atoms with Gasteiger partial charge in [0.2, 0.25) is 0 Å². The van der Waals surface area contributed by atoms with Gasteiger partial charge in [-0.2, -0.15) is 0 Å². The molecule has 1 aromatic carbocycles. The molecular weight excluding hydrogens is 320 g/mol. The normalized spacial score (nSPS) is 20.0. The second kappa shape index (κ2) is 7.23. The molecule has 2 rings (SSSR count). The van der Waals surface area contributed by atoms with Crippen LogP contribution in [0.3, 0.4) is 0 Å². The topological polar surface area (TPSA) is 104 Å². The van der Waals surface area contributed by atoms with Crippen LogP contribution in [-0.4, -0.2) is 25.8 Å². The molecule has 1 aliphatic heterocycles. The number of benzene rings is 1. The molecule has 0 spiro atoms. The molecule has 0 aromatic heterocycles. The number of amidine groups is 1. The molecule has 1 heterocycles. The summed E-state index contributed by atoms with van der Waals surface area (Å²) in [6.07, 6.45) is 1.66. The molecule has 1 aromatic rings. The fraction of sp³-hybridized carbons (Fsp3) is 0.500. The molecule has 0 radical (unpaired) electrons. The molecule has 25 heavy (non-hydrogen) atoms. The van der Waals surface area contributed by atoms with Crippen LogP contribution in [0.4, 0.5) is 0 Å². The van der Waals surface area contributed by atoms with Crippen LogP contribution in [0.1, 0.15) is 39.2 Å². The van der Waals surface area contributed by atoms with E-state index in [1.165, 1.54) is 0 Å². The summed E-state index contributed by atoms with van der Waals surface area (Å²) in [6, 6.07) is 3.69. The molecule has 1 unspecified atom stereocenters. The fourth-order valence-corrected chi connectivity index (χ4v) is 2.45. The van der Waals surface area contributed by atoms with E-state index in [4.69, 9.17) is 25.7 Å². The zero-order valence-electron chi connectivity index (χ0n) is 15.7. The van der Waals surface area contributed by atoms with E-state index in [1.807, 2.05) is 19.9 Å². The highest BCUT2D eigenvalue weighted by Crippen LogP contribution is 2.39. The summed E-state index contributed by atoms with van der Waals surface area (Å²) < 4.78 is 16.8. The van der Waals surface area contributed by atoms with Gasteiger partial charge in [0.05, 0.1) is 14.2 Å². The molecule has 0 saturated carbocycles. The van der Waals surface area contributed by atoms with E-state index in [1.54, 1.807) is 26.5 Å². The molecule has 7 heteroatoms. The Kier molecular flexibility index (Phi) is 5.47. The van der Waals surface area contributed by atoms with E-state index >= 15 is 0 Å². The summed E-state index contributed by atoms with van der Waals surface area (Å²) in [5.74, 6) is 1.87. The summed E-state index contributed by atoms with van der Waals surface area (Å²) in [6.45, 7) is 8.08. The van der Waals surface area contributed by atoms with Gasteiger partial charge in [-0.3, -0.25) is 5.73 Å². The molecule has 1 atom stereocenters. The first-order chi connectivity index (χ1) is 11.7. The number of hydrogen-bond acceptors (Lipinski definition) is 7. The van der Waals surface area contributed by atoms with Crippen molar-refractivity contribution in [3.05, 3.63) is 29.7 Å². The summed E-state index contributed by atoms with van der Waals surface area (Å²) in [4.78, 5) is 4.35. The lowest BCUT2D eigenvalue weighted by Gasteiger charge is -2.33. The zero-order chi connectivity index (χ0) is 18.8. The van der Waals surface area contributed by atoms with Crippen LogP contribution in [0.5, 0.6) is 17.2 Å². The number of rotatable bonds is 6. The maximum absolute atomic E-state index is 6.19. The number of nitrogens with two attached hydrogens (primary N) is 2. The Balaban J connectivity index is 2.37. The average Bonchev–Trinajstić information content (AvgIpc) is 2.56. The lowest BCUT2D eigenvalue weighted by molar-refractivity contribution is 0.274. The van der Waals surface area contributed by atoms with Crippen LogP contribution < -0.4 is 31.0 Å². The monoisotopic (exact) mass is 348 g/mol. The van der Waals surface area contributed by atoms with Crippen LogP contribution in [0.2, 0.25) is 0 Å². The Morgan fingerprint density at radius 1 is 1.04 bits per heavy atom. The van der Waals surface area contributed by atoms with Gasteiger partial charge in [-0.25, -0.2) is 4.99 Å². The Labute approximate surface area is 149 Å². The van der Waals surface area contributed by atoms with Gasteiger partial charge >= 0.3 is 0 Å². The summed E-state index contributed by atoms with van der Waals surface area (Å²) in [5, 5.41) is 3.06. The predicted octanol–water partition coefficient (Wildman–Crippen LogP) is 2.28. The third-order valence-corrected chi connectivity index (χ3v) is 4.23. The van der Waals surface area contributed by atoms with Crippen molar-refractivity contribution in [1.82, 2.24) is 5.32 Å². The Bertz CT molecular complexity index is 698. The molecular formula is C18H28N4O3. The highest BCUT2D eigenvalue weighted by Gasteiger charge is 2.32. The summed E-state index contributed by atoms with van der Waals surface area (Å²) in [5.41, 5.74) is 13.2. The Hall–Kier alpha value is -2.41. The van der Waals surface area contributed by atoms with Crippen molar-refractivity contribution >= 4 is 5.84 Å². The van der Waals surface area contributed by atoms with Crippen molar-refractivity contribution < 1.29 is 14.2 Å². The van der Waals surface area contributed by atoms with Crippen LogP contribution in [0, 0.1) is 5.92 Å². The van der Waals surface area contributed by atoms with Gasteiger partial charge in [0.15, 0.2) is 28.9 Å². The van der Waals surface area contributed by atoms with Gasteiger partial charge in [-0.15, -0.1) is 0 Å². The van der Waals surface area contributed by atoms with Crippen molar-refractivity contribution in [3.8, 4) is 17.2 Å². The number of aliphatic imine (C=N–C) groups is 1. The summed E-state index contributed by atoms with van der Waals surface area (Å²) in [7, 11) is 3.19. The largest absolute Gasteiger partial charge is 0.493 e. The van der Waals surface area contributed by atoms with Gasteiger partial charge in [0.1, 0.15) is 5.75 Å². The van der Waals surface area contributed by atoms with Crippen molar-refractivity contribution in [2.75, 3.05) is 14.2 Å². The predicted molar refractivity (Wildman–Crippen MR) is 98.9 cm³/mol. The van der Waals surface area contributed by atoms with Gasteiger partial charge in [-0.05, 0) is 12.0 Å². The Morgan fingerprint density at radius 2 is 1.64 bits per heavy atom. The highest BCUT2D eigenvalue weighted by atomic mass is 16.5. The maximum atomic E-state index is 6.19. The van der Waals surface area contributed by atoms with Crippen LogP contribution in [-0.2, 0) is 0 Å². The lowest BCUT2D eigenvalue weighted by atomic mass is 10.0. The van der Waals surface area contributed by atoms with Crippen molar-refractivity contribution in [2.24, 2.45) is 22.4 Å². The average molecular weight is 348 g/mol. The van der Waals surface area contributed by atoms with E-state index in [2.05, 4.69) is 24.2 Å². The highest BCUT2D eigenvalue weighted by molar-refractivity contribution is 5.96. The molecule has 5 N–H and O–H groups in total. The quantitative estimate of drug-likeness (QED) is 0.728. The van der Waals surface area contributed by atoms with Crippen molar-refractivity contribution in [2.45, 2.75) is 39.4 Å². The molecule has 7 nitrogen and oxygen atoms in total. The van der Waals surface area contributed by atoms with E-state index in [-0.39, 0.29) is 17.7 Å². The molecule has 0 saturated heterocycles. The van der Waals surface area contributed by atoms with Gasteiger partial charge in [-0.1, -0.05) is 27.7 Å². The summed E-state index contributed by atoms with van der Waals surface area (Å²) >= 11 is 0. The van der Waals surface area contributed by atoms with E-state index in [0.29, 0.717) is 23.0 Å². The molecule has 0 bridgehead atoms. The fourth-order valence-electron chi connectivity index (χ4n) is 2.45. The minimum atomic E-state index is -0.935. The zero-order valence-corrected chi connectivity index (χ0v) is 15.7. The molecule has 0 aliphatic carbocycles. The first-order valence-corrected chi connectivity index (χ1v) is 8.28. The SMILES string of the molecule is COc1cc(OC2=CNC(N)(C(C)C)N=C2N)c(C(C)C)cc1OC. The van der Waals surface area contributed by atoms with Gasteiger partial charge in [0.25, 0.3) is 0 Å². The Morgan fingerprint density at radius 3 is 2.12 bits per heavy atom. The maximum Gasteiger partial charge on any atom is 0.186 e. The van der Waals surface area contributed by atoms with Gasteiger partial charge < -0.3 is 25.3 Å². The van der Waals surface area contributed by atoms with Crippen molar-refractivity contribution in [3.63, 3.8) is 0 Å².